The monoisotopic (exact) mass is 457 g/mol. The van der Waals surface area contributed by atoms with Crippen LogP contribution in [0.25, 0.3) is 0 Å². The topological polar surface area (TPSA) is 96.9 Å². The number of hydrogen-bond donors (Lipinski definition) is 2. The first-order valence-corrected chi connectivity index (χ1v) is 12.5. The Labute approximate surface area is 190 Å². The number of carbonyl (C=O) groups is 1. The SMILES string of the molecule is CCCCC(N=C1NS(=O)(=O)c2ccccc21)C(=O)NCCCOC(C)c1ccccc1. The lowest BCUT2D eigenvalue weighted by Crippen LogP contribution is -2.36. The molecule has 3 rings (SSSR count). The lowest BCUT2D eigenvalue weighted by Gasteiger charge is -2.15. The Kier molecular flexibility index (Phi) is 8.41. The molecule has 32 heavy (non-hydrogen) atoms. The summed E-state index contributed by atoms with van der Waals surface area (Å²) >= 11 is 0. The van der Waals surface area contributed by atoms with Gasteiger partial charge in [-0.1, -0.05) is 62.2 Å². The van der Waals surface area contributed by atoms with E-state index in [-0.39, 0.29) is 22.7 Å². The van der Waals surface area contributed by atoms with E-state index < -0.39 is 16.1 Å². The van der Waals surface area contributed by atoms with Gasteiger partial charge in [0.25, 0.3) is 10.0 Å². The van der Waals surface area contributed by atoms with Crippen LogP contribution in [0.3, 0.4) is 0 Å². The molecule has 0 fully saturated rings. The van der Waals surface area contributed by atoms with Crippen LogP contribution in [0.2, 0.25) is 0 Å². The molecule has 2 unspecified atom stereocenters. The molecule has 0 aliphatic carbocycles. The second-order valence-corrected chi connectivity index (χ2v) is 9.46. The van der Waals surface area contributed by atoms with Gasteiger partial charge in [0.15, 0.2) is 0 Å². The summed E-state index contributed by atoms with van der Waals surface area (Å²) in [4.78, 5) is 17.5. The largest absolute Gasteiger partial charge is 0.374 e. The van der Waals surface area contributed by atoms with Gasteiger partial charge in [0.05, 0.1) is 11.0 Å². The van der Waals surface area contributed by atoms with Gasteiger partial charge in [-0.2, -0.15) is 0 Å². The highest BCUT2D eigenvalue weighted by Crippen LogP contribution is 2.23. The molecule has 2 aromatic carbocycles. The van der Waals surface area contributed by atoms with Crippen LogP contribution in [-0.4, -0.2) is 39.4 Å². The number of fused-ring (bicyclic) bond motifs is 1. The lowest BCUT2D eigenvalue weighted by atomic mass is 10.1. The van der Waals surface area contributed by atoms with Crippen molar-refractivity contribution in [1.82, 2.24) is 10.0 Å². The van der Waals surface area contributed by atoms with Crippen molar-refractivity contribution < 1.29 is 17.9 Å². The van der Waals surface area contributed by atoms with Crippen LogP contribution in [0.5, 0.6) is 0 Å². The molecule has 0 spiro atoms. The molecule has 0 bridgehead atoms. The number of nitrogens with one attached hydrogen (secondary N) is 2. The van der Waals surface area contributed by atoms with E-state index in [4.69, 9.17) is 4.74 Å². The fraction of sp³-hybridized carbons (Fsp3) is 0.417. The van der Waals surface area contributed by atoms with Crippen LogP contribution in [0.1, 0.15) is 56.8 Å². The summed E-state index contributed by atoms with van der Waals surface area (Å²) in [7, 11) is -3.63. The number of unbranched alkanes of at least 4 members (excludes halogenated alkanes) is 1. The smallest absolute Gasteiger partial charge is 0.263 e. The Morgan fingerprint density at radius 1 is 1.09 bits per heavy atom. The van der Waals surface area contributed by atoms with Crippen molar-refractivity contribution in [1.29, 1.82) is 0 Å². The Bertz CT molecular complexity index is 1040. The molecule has 1 aliphatic heterocycles. The average molecular weight is 458 g/mol. The van der Waals surface area contributed by atoms with Crippen molar-refractivity contribution in [2.75, 3.05) is 13.2 Å². The summed E-state index contributed by atoms with van der Waals surface area (Å²) in [6.07, 6.45) is 2.96. The summed E-state index contributed by atoms with van der Waals surface area (Å²) in [5.74, 6) is 0.0301. The number of rotatable bonds is 11. The highest BCUT2D eigenvalue weighted by Gasteiger charge is 2.31. The van der Waals surface area contributed by atoms with Crippen LogP contribution in [0, 0.1) is 0 Å². The predicted octanol–water partition coefficient (Wildman–Crippen LogP) is 3.57. The van der Waals surface area contributed by atoms with E-state index in [0.717, 1.165) is 18.4 Å². The zero-order valence-corrected chi connectivity index (χ0v) is 19.4. The summed E-state index contributed by atoms with van der Waals surface area (Å²) in [6.45, 7) is 5.04. The highest BCUT2D eigenvalue weighted by atomic mass is 32.2. The van der Waals surface area contributed by atoms with Gasteiger partial charge in [-0.05, 0) is 37.5 Å². The van der Waals surface area contributed by atoms with Crippen LogP contribution < -0.4 is 10.0 Å². The van der Waals surface area contributed by atoms with Crippen molar-refractivity contribution >= 4 is 21.8 Å². The first-order valence-electron chi connectivity index (χ1n) is 11.1. The van der Waals surface area contributed by atoms with Gasteiger partial charge < -0.3 is 10.1 Å². The molecular weight excluding hydrogens is 426 g/mol. The molecule has 0 radical (unpaired) electrons. The molecule has 7 nitrogen and oxygen atoms in total. The summed E-state index contributed by atoms with van der Waals surface area (Å²) in [5.41, 5.74) is 1.62. The molecule has 2 N–H and O–H groups in total. The van der Waals surface area contributed by atoms with Gasteiger partial charge in [0, 0.05) is 18.7 Å². The Morgan fingerprint density at radius 3 is 2.56 bits per heavy atom. The van der Waals surface area contributed by atoms with E-state index in [9.17, 15) is 13.2 Å². The van der Waals surface area contributed by atoms with E-state index in [1.807, 2.05) is 44.2 Å². The maximum atomic E-state index is 12.8. The fourth-order valence-corrected chi connectivity index (χ4v) is 4.76. The third-order valence-corrected chi connectivity index (χ3v) is 6.74. The molecule has 2 aromatic rings. The van der Waals surface area contributed by atoms with Crippen molar-refractivity contribution in [3.05, 3.63) is 65.7 Å². The zero-order valence-electron chi connectivity index (χ0n) is 18.6. The molecule has 172 valence electrons. The second kappa shape index (κ2) is 11.2. The molecule has 2 atom stereocenters. The van der Waals surface area contributed by atoms with Gasteiger partial charge >= 0.3 is 0 Å². The molecule has 0 saturated heterocycles. The van der Waals surface area contributed by atoms with Gasteiger partial charge in [-0.3, -0.25) is 14.5 Å². The zero-order chi connectivity index (χ0) is 23.0. The standard InChI is InChI=1S/C24H31N3O4S/c1-3-4-14-21(26-23-20-13-8-9-15-22(20)32(29,30)27-23)24(28)25-16-10-17-31-18(2)19-11-6-5-7-12-19/h5-9,11-13,15,18,21H,3-4,10,14,16-17H2,1-2H3,(H,25,28)(H,26,27). The number of carbonyl (C=O) groups excluding carboxylic acids is 1. The number of sulfonamides is 1. The molecular formula is C24H31N3O4S. The number of amidine groups is 1. The molecule has 1 amide bonds. The number of amides is 1. The van der Waals surface area contributed by atoms with Crippen molar-refractivity contribution in [3.63, 3.8) is 0 Å². The van der Waals surface area contributed by atoms with E-state index in [1.54, 1.807) is 18.2 Å². The molecule has 8 heteroatoms. The van der Waals surface area contributed by atoms with Gasteiger partial charge in [0.2, 0.25) is 5.91 Å². The molecule has 1 heterocycles. The lowest BCUT2D eigenvalue weighted by molar-refractivity contribution is -0.122. The first kappa shape index (κ1) is 23.9. The number of nitrogens with zero attached hydrogens (tertiary/aromatic N) is 1. The van der Waals surface area contributed by atoms with Crippen LogP contribution in [-0.2, 0) is 19.6 Å². The van der Waals surface area contributed by atoms with Gasteiger partial charge in [-0.15, -0.1) is 0 Å². The third kappa shape index (κ3) is 6.17. The fourth-order valence-electron chi connectivity index (χ4n) is 3.52. The normalized spacial score (nSPS) is 17.4. The van der Waals surface area contributed by atoms with Gasteiger partial charge in [0.1, 0.15) is 11.9 Å². The van der Waals surface area contributed by atoms with E-state index in [0.29, 0.717) is 31.6 Å². The quantitative estimate of drug-likeness (QED) is 0.504. The Morgan fingerprint density at radius 2 is 1.81 bits per heavy atom. The summed E-state index contributed by atoms with van der Waals surface area (Å²) in [5, 5.41) is 2.92. The maximum absolute atomic E-state index is 12.8. The first-order chi connectivity index (χ1) is 15.4. The number of ether oxygens (including phenoxy) is 1. The molecule has 0 aromatic heterocycles. The Hall–Kier alpha value is -2.71. The minimum atomic E-state index is -3.63. The number of hydrogen-bond acceptors (Lipinski definition) is 5. The Balaban J connectivity index is 1.56. The van der Waals surface area contributed by atoms with Gasteiger partial charge in [-0.25, -0.2) is 8.42 Å². The molecule has 1 aliphatic rings. The predicted molar refractivity (Wildman–Crippen MR) is 125 cm³/mol. The minimum absolute atomic E-state index is 0.00828. The van der Waals surface area contributed by atoms with Crippen molar-refractivity contribution in [2.24, 2.45) is 4.99 Å². The number of aliphatic imine (C=N–C) groups is 1. The van der Waals surface area contributed by atoms with Crippen LogP contribution >= 0.6 is 0 Å². The second-order valence-electron chi connectivity index (χ2n) is 7.81. The average Bonchev–Trinajstić information content (AvgIpc) is 3.06. The maximum Gasteiger partial charge on any atom is 0.263 e. The van der Waals surface area contributed by atoms with E-state index >= 15 is 0 Å². The van der Waals surface area contributed by atoms with Crippen molar-refractivity contribution in [2.45, 2.75) is 56.6 Å². The van der Waals surface area contributed by atoms with E-state index in [2.05, 4.69) is 15.0 Å². The van der Waals surface area contributed by atoms with Crippen LogP contribution in [0.15, 0.2) is 64.5 Å². The third-order valence-electron chi connectivity index (χ3n) is 5.34. The summed E-state index contributed by atoms with van der Waals surface area (Å²) < 4.78 is 33.0. The molecule has 0 saturated carbocycles. The van der Waals surface area contributed by atoms with Crippen LogP contribution in [0.4, 0.5) is 0 Å². The highest BCUT2D eigenvalue weighted by molar-refractivity contribution is 7.90. The van der Waals surface area contributed by atoms with Crippen molar-refractivity contribution in [3.8, 4) is 0 Å². The van der Waals surface area contributed by atoms with E-state index in [1.165, 1.54) is 6.07 Å². The number of benzene rings is 2. The minimum Gasteiger partial charge on any atom is -0.374 e. The summed E-state index contributed by atoms with van der Waals surface area (Å²) in [6, 6.07) is 16.0.